The third-order valence-corrected chi connectivity index (χ3v) is 7.18. The van der Waals surface area contributed by atoms with E-state index in [4.69, 9.17) is 16.7 Å². The average molecular weight is 488 g/mol. The first kappa shape index (κ1) is 20.0. The number of aromatic nitrogens is 5. The quantitative estimate of drug-likeness (QED) is 0.353. The van der Waals surface area contributed by atoms with E-state index >= 15 is 0 Å². The molecule has 6 rings (SSSR count). The van der Waals surface area contributed by atoms with Crippen molar-refractivity contribution in [3.8, 4) is 27.6 Å². The van der Waals surface area contributed by atoms with Gasteiger partial charge in [0.25, 0.3) is 5.56 Å². The summed E-state index contributed by atoms with van der Waals surface area (Å²) < 4.78 is 3.74. The van der Waals surface area contributed by atoms with Gasteiger partial charge in [-0.25, -0.2) is 4.68 Å². The van der Waals surface area contributed by atoms with E-state index in [0.29, 0.717) is 20.3 Å². The van der Waals surface area contributed by atoms with Gasteiger partial charge in [-0.15, -0.1) is 16.4 Å². The van der Waals surface area contributed by atoms with Gasteiger partial charge in [0.1, 0.15) is 5.69 Å². The largest absolute Gasteiger partial charge is 0.291 e. The van der Waals surface area contributed by atoms with E-state index in [9.17, 15) is 4.79 Å². The highest BCUT2D eigenvalue weighted by molar-refractivity contribution is 7.15. The molecule has 6 nitrogen and oxygen atoms in total. The number of nitrogens with zero attached hydrogens (tertiary/aromatic N) is 5. The molecule has 0 saturated carbocycles. The van der Waals surface area contributed by atoms with Crippen LogP contribution in [0.25, 0.3) is 38.7 Å². The number of para-hydroxylation sites is 1. The molecule has 0 aliphatic rings. The molecule has 0 atom stereocenters. The van der Waals surface area contributed by atoms with Gasteiger partial charge in [0.15, 0.2) is 5.82 Å². The van der Waals surface area contributed by atoms with Crippen LogP contribution in [0.5, 0.6) is 0 Å². The predicted molar refractivity (Wildman–Crippen MR) is 133 cm³/mol. The van der Waals surface area contributed by atoms with Crippen molar-refractivity contribution in [3.63, 3.8) is 0 Å². The topological polar surface area (TPSA) is 65.1 Å². The van der Waals surface area contributed by atoms with Crippen LogP contribution in [0.2, 0.25) is 5.02 Å². The minimum absolute atomic E-state index is 0.202. The second kappa shape index (κ2) is 8.08. The van der Waals surface area contributed by atoms with E-state index in [1.54, 1.807) is 23.5 Å². The zero-order valence-electron chi connectivity index (χ0n) is 16.9. The van der Waals surface area contributed by atoms with Crippen LogP contribution in [0.15, 0.2) is 83.1 Å². The Morgan fingerprint density at radius 3 is 2.48 bits per heavy atom. The summed E-state index contributed by atoms with van der Waals surface area (Å²) in [5, 5.41) is 11.9. The van der Waals surface area contributed by atoms with Crippen LogP contribution in [0.4, 0.5) is 0 Å². The van der Waals surface area contributed by atoms with Gasteiger partial charge < -0.3 is 0 Å². The van der Waals surface area contributed by atoms with Crippen molar-refractivity contribution < 1.29 is 0 Å². The molecule has 0 N–H and O–H groups in total. The lowest BCUT2D eigenvalue weighted by Crippen LogP contribution is -2.23. The summed E-state index contributed by atoms with van der Waals surface area (Å²) in [7, 11) is 0. The molecule has 4 heterocycles. The van der Waals surface area contributed by atoms with Crippen molar-refractivity contribution in [1.29, 1.82) is 0 Å². The Bertz CT molecular complexity index is 1680. The summed E-state index contributed by atoms with van der Waals surface area (Å²) >= 11 is 8.89. The first-order valence-corrected chi connectivity index (χ1v) is 12.1. The first-order valence-electron chi connectivity index (χ1n) is 10.0. The second-order valence-corrected chi connectivity index (χ2v) is 9.64. The fourth-order valence-corrected chi connectivity index (χ4v) is 5.26. The van der Waals surface area contributed by atoms with Crippen LogP contribution in [0.3, 0.4) is 0 Å². The van der Waals surface area contributed by atoms with Gasteiger partial charge in [-0.2, -0.15) is 14.6 Å². The number of fused-ring (bicyclic) bond motifs is 1. The van der Waals surface area contributed by atoms with Crippen molar-refractivity contribution in [2.45, 2.75) is 0 Å². The third-order valence-electron chi connectivity index (χ3n) is 5.09. The van der Waals surface area contributed by atoms with E-state index in [1.807, 2.05) is 76.9 Å². The fourth-order valence-electron chi connectivity index (χ4n) is 3.51. The Hall–Kier alpha value is -3.59. The summed E-state index contributed by atoms with van der Waals surface area (Å²) in [4.78, 5) is 19.2. The average Bonchev–Trinajstić information content (AvgIpc) is 3.62. The van der Waals surface area contributed by atoms with Crippen molar-refractivity contribution in [2.24, 2.45) is 0 Å². The SMILES string of the molecule is O=c1/c(=C\c2cn(-c3ccccc3)nc2-c2cccs2)sc2nc(-c3ccc(Cl)cc3)nn12. The minimum atomic E-state index is -0.202. The van der Waals surface area contributed by atoms with Crippen molar-refractivity contribution in [2.75, 3.05) is 0 Å². The molecule has 2 aromatic carbocycles. The molecular formula is C24H14ClN5OS2. The summed E-state index contributed by atoms with van der Waals surface area (Å²) in [5.41, 5.74) is 3.25. The number of hydrogen-bond donors (Lipinski definition) is 0. The lowest BCUT2D eigenvalue weighted by molar-refractivity contribution is 0.885. The first-order chi connectivity index (χ1) is 16.2. The highest BCUT2D eigenvalue weighted by Crippen LogP contribution is 2.28. The Kier molecular flexibility index (Phi) is 4.91. The van der Waals surface area contributed by atoms with Gasteiger partial charge >= 0.3 is 0 Å². The number of hydrogen-bond acceptors (Lipinski definition) is 6. The molecule has 0 aliphatic heterocycles. The van der Waals surface area contributed by atoms with Gasteiger partial charge in [0, 0.05) is 22.3 Å². The zero-order valence-corrected chi connectivity index (χ0v) is 19.3. The molecule has 9 heteroatoms. The fraction of sp³-hybridized carbons (Fsp3) is 0. The maximum atomic E-state index is 13.1. The summed E-state index contributed by atoms with van der Waals surface area (Å²) in [6.45, 7) is 0. The zero-order chi connectivity index (χ0) is 22.4. The van der Waals surface area contributed by atoms with E-state index in [2.05, 4.69) is 10.1 Å². The second-order valence-electron chi connectivity index (χ2n) is 7.24. The molecule has 6 aromatic rings. The summed E-state index contributed by atoms with van der Waals surface area (Å²) in [6.07, 6.45) is 3.81. The molecule has 0 amide bonds. The van der Waals surface area contributed by atoms with E-state index in [1.165, 1.54) is 15.9 Å². The number of thiazole rings is 1. The number of rotatable bonds is 4. The molecule has 0 saturated heterocycles. The molecular weight excluding hydrogens is 474 g/mol. The molecule has 33 heavy (non-hydrogen) atoms. The third kappa shape index (κ3) is 3.68. The molecule has 4 aromatic heterocycles. The molecule has 0 radical (unpaired) electrons. The number of benzene rings is 2. The van der Waals surface area contributed by atoms with Crippen LogP contribution in [-0.2, 0) is 0 Å². The smallest absolute Gasteiger partial charge is 0.266 e. The van der Waals surface area contributed by atoms with Crippen LogP contribution in [0.1, 0.15) is 5.56 Å². The summed E-state index contributed by atoms with van der Waals surface area (Å²) in [6, 6.07) is 21.2. The number of halogens is 1. The highest BCUT2D eigenvalue weighted by atomic mass is 35.5. The predicted octanol–water partition coefficient (Wildman–Crippen LogP) is 4.93. The molecule has 0 spiro atoms. The molecule has 0 bridgehead atoms. The maximum absolute atomic E-state index is 13.1. The Labute approximate surface area is 200 Å². The van der Waals surface area contributed by atoms with Crippen LogP contribution >= 0.6 is 34.3 Å². The van der Waals surface area contributed by atoms with Gasteiger partial charge in [0.05, 0.1) is 15.1 Å². The van der Waals surface area contributed by atoms with Gasteiger partial charge in [-0.05, 0) is 53.9 Å². The Balaban J connectivity index is 1.47. The lowest BCUT2D eigenvalue weighted by Gasteiger charge is -1.99. The van der Waals surface area contributed by atoms with Gasteiger partial charge in [0.2, 0.25) is 4.96 Å². The van der Waals surface area contributed by atoms with Gasteiger partial charge in [-0.3, -0.25) is 4.79 Å². The molecule has 0 fully saturated rings. The van der Waals surface area contributed by atoms with Crippen molar-refractivity contribution in [1.82, 2.24) is 24.4 Å². The standard InChI is InChI=1S/C24H14ClN5OS2/c25-17-10-8-15(9-11-17)22-26-24-30(28-22)23(31)20(33-24)13-16-14-29(18-5-2-1-3-6-18)27-21(16)19-7-4-12-32-19/h1-14H/b20-13+. The molecule has 160 valence electrons. The summed E-state index contributed by atoms with van der Waals surface area (Å²) in [5.74, 6) is 0.498. The lowest BCUT2D eigenvalue weighted by atomic mass is 10.2. The Morgan fingerprint density at radius 1 is 0.939 bits per heavy atom. The molecule has 0 aliphatic carbocycles. The Morgan fingerprint density at radius 2 is 1.76 bits per heavy atom. The van der Waals surface area contributed by atoms with Crippen molar-refractivity contribution >= 4 is 45.3 Å². The highest BCUT2D eigenvalue weighted by Gasteiger charge is 2.15. The van der Waals surface area contributed by atoms with E-state index in [-0.39, 0.29) is 5.56 Å². The van der Waals surface area contributed by atoms with E-state index in [0.717, 1.165) is 27.4 Å². The number of thiophene rings is 1. The molecule has 0 unspecified atom stereocenters. The minimum Gasteiger partial charge on any atom is -0.266 e. The van der Waals surface area contributed by atoms with Crippen molar-refractivity contribution in [3.05, 3.63) is 104 Å². The van der Waals surface area contributed by atoms with Gasteiger partial charge in [-0.1, -0.05) is 47.2 Å². The van der Waals surface area contributed by atoms with Crippen LogP contribution in [-0.4, -0.2) is 24.4 Å². The monoisotopic (exact) mass is 487 g/mol. The maximum Gasteiger partial charge on any atom is 0.291 e. The normalized spacial score (nSPS) is 12.1. The van der Waals surface area contributed by atoms with E-state index < -0.39 is 0 Å². The van der Waals surface area contributed by atoms with Crippen LogP contribution < -0.4 is 10.1 Å². The van der Waals surface area contributed by atoms with Crippen LogP contribution in [0, 0.1) is 0 Å².